The first-order valence-corrected chi connectivity index (χ1v) is 5.98. The van der Waals surface area contributed by atoms with Crippen molar-refractivity contribution in [2.24, 2.45) is 5.73 Å². The maximum atomic E-state index is 12.7. The summed E-state index contributed by atoms with van der Waals surface area (Å²) in [6, 6.07) is 0. The van der Waals surface area contributed by atoms with Gasteiger partial charge in [0.1, 0.15) is 5.54 Å². The fraction of sp³-hybridized carbons (Fsp3) is 1.00. The van der Waals surface area contributed by atoms with Crippen LogP contribution in [0.15, 0.2) is 0 Å². The van der Waals surface area contributed by atoms with E-state index in [9.17, 15) is 13.2 Å². The van der Waals surface area contributed by atoms with E-state index in [2.05, 4.69) is 5.32 Å². The number of hydrogen-bond acceptors (Lipinski definition) is 2. The molecule has 2 aliphatic rings. The summed E-state index contributed by atoms with van der Waals surface area (Å²) in [4.78, 5) is 0. The lowest BCUT2D eigenvalue weighted by Crippen LogP contribution is -2.56. The van der Waals surface area contributed by atoms with Gasteiger partial charge in [-0.05, 0) is 25.7 Å². The highest BCUT2D eigenvalue weighted by atomic mass is 19.4. The van der Waals surface area contributed by atoms with Crippen LogP contribution in [0.5, 0.6) is 0 Å². The van der Waals surface area contributed by atoms with Crippen molar-refractivity contribution in [1.82, 2.24) is 5.32 Å². The molecule has 0 heterocycles. The second-order valence-corrected chi connectivity index (χ2v) is 5.36. The molecule has 0 bridgehead atoms. The van der Waals surface area contributed by atoms with Crippen molar-refractivity contribution < 1.29 is 13.2 Å². The highest BCUT2D eigenvalue weighted by Crippen LogP contribution is 2.49. The summed E-state index contributed by atoms with van der Waals surface area (Å²) in [7, 11) is 0. The number of rotatable bonds is 3. The molecule has 16 heavy (non-hydrogen) atoms. The number of alkyl halides is 3. The van der Waals surface area contributed by atoms with E-state index < -0.39 is 17.3 Å². The van der Waals surface area contributed by atoms with Crippen molar-refractivity contribution in [3.05, 3.63) is 0 Å². The maximum Gasteiger partial charge on any atom is 0.406 e. The number of hydrogen-bond donors (Lipinski definition) is 2. The zero-order valence-electron chi connectivity index (χ0n) is 9.37. The summed E-state index contributed by atoms with van der Waals surface area (Å²) in [6.07, 6.45) is 1.19. The fourth-order valence-electron chi connectivity index (χ4n) is 2.46. The molecule has 0 aromatic carbocycles. The average Bonchev–Trinajstić information content (AvgIpc) is 2.96. The third-order valence-corrected chi connectivity index (χ3v) is 3.92. The Hall–Kier alpha value is -0.290. The second-order valence-electron chi connectivity index (χ2n) is 5.36. The molecule has 2 saturated carbocycles. The van der Waals surface area contributed by atoms with Crippen molar-refractivity contribution in [2.45, 2.75) is 62.2 Å². The van der Waals surface area contributed by atoms with Gasteiger partial charge in [0, 0.05) is 12.1 Å². The van der Waals surface area contributed by atoms with Crippen LogP contribution in [-0.2, 0) is 0 Å². The van der Waals surface area contributed by atoms with E-state index >= 15 is 0 Å². The molecule has 2 aliphatic carbocycles. The largest absolute Gasteiger partial charge is 0.406 e. The minimum Gasteiger partial charge on any atom is -0.324 e. The Morgan fingerprint density at radius 2 is 1.56 bits per heavy atom. The quantitative estimate of drug-likeness (QED) is 0.789. The predicted molar refractivity (Wildman–Crippen MR) is 56.0 cm³/mol. The third kappa shape index (κ3) is 2.35. The Morgan fingerprint density at radius 1 is 1.00 bits per heavy atom. The van der Waals surface area contributed by atoms with Crippen LogP contribution in [0.2, 0.25) is 0 Å². The number of nitrogens with two attached hydrogens (primary N) is 1. The molecule has 0 aliphatic heterocycles. The van der Waals surface area contributed by atoms with E-state index in [1.165, 1.54) is 0 Å². The van der Waals surface area contributed by atoms with Gasteiger partial charge >= 0.3 is 6.18 Å². The van der Waals surface area contributed by atoms with Crippen molar-refractivity contribution >= 4 is 0 Å². The average molecular weight is 236 g/mol. The highest BCUT2D eigenvalue weighted by Gasteiger charge is 2.63. The van der Waals surface area contributed by atoms with E-state index in [1.807, 2.05) is 0 Å². The Balaban J connectivity index is 1.87. The summed E-state index contributed by atoms with van der Waals surface area (Å²) in [5.74, 6) is 0. The van der Waals surface area contributed by atoms with Crippen LogP contribution in [0.3, 0.4) is 0 Å². The van der Waals surface area contributed by atoms with Crippen molar-refractivity contribution in [3.8, 4) is 0 Å². The normalized spacial score (nSPS) is 27.8. The van der Waals surface area contributed by atoms with Gasteiger partial charge in [-0.1, -0.05) is 19.3 Å². The van der Waals surface area contributed by atoms with Crippen molar-refractivity contribution in [3.63, 3.8) is 0 Å². The number of nitrogens with one attached hydrogen (secondary N) is 1. The molecule has 0 atom stereocenters. The summed E-state index contributed by atoms with van der Waals surface area (Å²) in [6.45, 7) is 0.298. The SMILES string of the molecule is NC1(CNC2(C(F)(F)F)CC2)CCCCC1. The van der Waals surface area contributed by atoms with Gasteiger partial charge < -0.3 is 11.1 Å². The smallest absolute Gasteiger partial charge is 0.324 e. The summed E-state index contributed by atoms with van der Waals surface area (Å²) in [5, 5.41) is 2.67. The van der Waals surface area contributed by atoms with E-state index in [0.29, 0.717) is 6.54 Å². The van der Waals surface area contributed by atoms with Crippen molar-refractivity contribution in [1.29, 1.82) is 0 Å². The number of halogens is 3. The zero-order valence-corrected chi connectivity index (χ0v) is 9.37. The van der Waals surface area contributed by atoms with E-state index in [4.69, 9.17) is 5.73 Å². The first-order chi connectivity index (χ1) is 7.37. The lowest BCUT2D eigenvalue weighted by molar-refractivity contribution is -0.166. The van der Waals surface area contributed by atoms with Gasteiger partial charge in [-0.2, -0.15) is 13.2 Å². The minimum absolute atomic E-state index is 0.201. The van der Waals surface area contributed by atoms with E-state index in [-0.39, 0.29) is 12.8 Å². The Kier molecular flexibility index (Phi) is 2.95. The first kappa shape index (κ1) is 12.2. The van der Waals surface area contributed by atoms with Gasteiger partial charge in [0.15, 0.2) is 0 Å². The Morgan fingerprint density at radius 3 is 2.00 bits per heavy atom. The maximum absolute atomic E-state index is 12.7. The fourth-order valence-corrected chi connectivity index (χ4v) is 2.46. The molecule has 94 valence electrons. The van der Waals surface area contributed by atoms with Crippen LogP contribution in [0, 0.1) is 0 Å². The lowest BCUT2D eigenvalue weighted by Gasteiger charge is -2.35. The van der Waals surface area contributed by atoms with Gasteiger partial charge in [-0.3, -0.25) is 0 Å². The van der Waals surface area contributed by atoms with Crippen LogP contribution in [0.1, 0.15) is 44.9 Å². The van der Waals surface area contributed by atoms with Gasteiger partial charge in [-0.25, -0.2) is 0 Å². The summed E-state index contributed by atoms with van der Waals surface area (Å²) < 4.78 is 38.0. The monoisotopic (exact) mass is 236 g/mol. The molecule has 2 fully saturated rings. The van der Waals surface area contributed by atoms with Crippen LogP contribution in [0.4, 0.5) is 13.2 Å². The minimum atomic E-state index is -4.13. The van der Waals surface area contributed by atoms with Gasteiger partial charge in [0.25, 0.3) is 0 Å². The van der Waals surface area contributed by atoms with Crippen LogP contribution in [0.25, 0.3) is 0 Å². The summed E-state index contributed by atoms with van der Waals surface area (Å²) in [5.41, 5.74) is 4.08. The van der Waals surface area contributed by atoms with Crippen LogP contribution < -0.4 is 11.1 Å². The highest BCUT2D eigenvalue weighted by molar-refractivity contribution is 5.09. The third-order valence-electron chi connectivity index (χ3n) is 3.92. The predicted octanol–water partition coefficient (Wildman–Crippen LogP) is 2.33. The molecular weight excluding hydrogens is 217 g/mol. The molecule has 0 saturated heterocycles. The second kappa shape index (κ2) is 3.88. The van der Waals surface area contributed by atoms with Gasteiger partial charge in [0.05, 0.1) is 0 Å². The standard InChI is InChI=1S/C11H19F3N2/c12-11(13,14)10(6-7-10)16-8-9(15)4-2-1-3-5-9/h16H,1-8,15H2. The van der Waals surface area contributed by atoms with E-state index in [1.54, 1.807) is 0 Å². The summed E-state index contributed by atoms with van der Waals surface area (Å²) >= 11 is 0. The molecule has 0 aromatic heterocycles. The molecule has 0 spiro atoms. The molecule has 0 aromatic rings. The molecule has 2 rings (SSSR count). The lowest BCUT2D eigenvalue weighted by atomic mass is 9.82. The Bertz CT molecular complexity index is 252. The van der Waals surface area contributed by atoms with E-state index in [0.717, 1.165) is 32.1 Å². The zero-order chi connectivity index (χ0) is 11.9. The van der Waals surface area contributed by atoms with Crippen molar-refractivity contribution in [2.75, 3.05) is 6.54 Å². The van der Waals surface area contributed by atoms with Crippen LogP contribution >= 0.6 is 0 Å². The first-order valence-electron chi connectivity index (χ1n) is 5.98. The molecule has 5 heteroatoms. The van der Waals surface area contributed by atoms with Gasteiger partial charge in [-0.15, -0.1) is 0 Å². The molecule has 0 radical (unpaired) electrons. The topological polar surface area (TPSA) is 38.0 Å². The van der Waals surface area contributed by atoms with Gasteiger partial charge in [0.2, 0.25) is 0 Å². The van der Waals surface area contributed by atoms with Crippen LogP contribution in [-0.4, -0.2) is 23.8 Å². The molecular formula is C11H19F3N2. The molecule has 0 unspecified atom stereocenters. The molecule has 0 amide bonds. The molecule has 2 nitrogen and oxygen atoms in total. The Labute approximate surface area is 93.8 Å². The molecule has 3 N–H and O–H groups in total.